The van der Waals surface area contributed by atoms with Crippen molar-refractivity contribution in [3.63, 3.8) is 0 Å². The fourth-order valence-corrected chi connectivity index (χ4v) is 3.40. The van der Waals surface area contributed by atoms with Gasteiger partial charge < -0.3 is 38.3 Å². The molecule has 0 radical (unpaired) electrons. The number of hydrogen-bond donors (Lipinski definition) is 8. The van der Waals surface area contributed by atoms with Gasteiger partial charge in [-0.2, -0.15) is 24.4 Å². The summed E-state index contributed by atoms with van der Waals surface area (Å²) < 4.78 is 0. The van der Waals surface area contributed by atoms with E-state index in [9.17, 15) is 24.3 Å². The minimum Gasteiger partial charge on any atom is -0.480 e. The number of carbonyl (C=O) groups excluding carboxylic acids is 3. The number of thioether (sulfide) groups is 1. The van der Waals surface area contributed by atoms with Crippen molar-refractivity contribution in [2.75, 3.05) is 24.3 Å². The van der Waals surface area contributed by atoms with Gasteiger partial charge in [-0.05, 0) is 37.2 Å². The van der Waals surface area contributed by atoms with Crippen LogP contribution in [0.1, 0.15) is 33.1 Å². The van der Waals surface area contributed by atoms with Crippen molar-refractivity contribution < 1.29 is 24.3 Å². The van der Waals surface area contributed by atoms with Gasteiger partial charge in [-0.15, -0.1) is 0 Å². The molecule has 0 aliphatic heterocycles. The number of hydrogen-bond acceptors (Lipinski definition) is 8. The summed E-state index contributed by atoms with van der Waals surface area (Å²) >= 11 is 5.55. The van der Waals surface area contributed by atoms with Crippen molar-refractivity contribution in [1.82, 2.24) is 16.0 Å². The Morgan fingerprint density at radius 1 is 1.00 bits per heavy atom. The van der Waals surface area contributed by atoms with E-state index < -0.39 is 47.9 Å². The molecule has 12 nitrogen and oxygen atoms in total. The maximum atomic E-state index is 12.8. The summed E-state index contributed by atoms with van der Waals surface area (Å²) in [5, 5.41) is 16.8. The molecule has 190 valence electrons. The number of nitrogens with one attached hydrogen (secondary N) is 3. The maximum Gasteiger partial charge on any atom is 0.326 e. The molecule has 0 aliphatic rings. The number of aliphatic carboxylic acids is 1. The summed E-state index contributed by atoms with van der Waals surface area (Å²) in [5.74, 6) is -2.83. The van der Waals surface area contributed by atoms with Gasteiger partial charge in [0.25, 0.3) is 0 Å². The normalized spacial score (nSPS) is 14.5. The molecule has 0 spiro atoms. The molecular formula is C19H37N7O5S2. The van der Waals surface area contributed by atoms with E-state index >= 15 is 0 Å². The second-order valence-corrected chi connectivity index (χ2v) is 9.06. The molecule has 14 heteroatoms. The number of amides is 3. The third-order valence-electron chi connectivity index (χ3n) is 4.59. The van der Waals surface area contributed by atoms with E-state index in [0.717, 1.165) is 0 Å². The molecular weight excluding hydrogens is 470 g/mol. The zero-order chi connectivity index (χ0) is 25.6. The highest BCUT2D eigenvalue weighted by molar-refractivity contribution is 7.98. The van der Waals surface area contributed by atoms with Crippen LogP contribution in [0.5, 0.6) is 0 Å². The van der Waals surface area contributed by atoms with E-state index in [1.165, 1.54) is 11.8 Å². The quantitative estimate of drug-likeness (QED) is 0.0513. The number of carboxylic acids is 1. The molecule has 4 unspecified atom stereocenters. The van der Waals surface area contributed by atoms with Gasteiger partial charge in [0.2, 0.25) is 17.7 Å². The van der Waals surface area contributed by atoms with Gasteiger partial charge in [-0.25, -0.2) is 4.79 Å². The number of nitrogens with two attached hydrogens (primary N) is 3. The van der Waals surface area contributed by atoms with Gasteiger partial charge in [-0.1, -0.05) is 13.8 Å². The largest absolute Gasteiger partial charge is 0.480 e. The fourth-order valence-electron chi connectivity index (χ4n) is 2.67. The highest BCUT2D eigenvalue weighted by Crippen LogP contribution is 2.06. The van der Waals surface area contributed by atoms with Crippen LogP contribution in [-0.2, 0) is 19.2 Å². The average molecular weight is 508 g/mol. The molecule has 0 bridgehead atoms. The van der Waals surface area contributed by atoms with Crippen LogP contribution < -0.4 is 33.2 Å². The van der Waals surface area contributed by atoms with Crippen LogP contribution in [0.2, 0.25) is 0 Å². The minimum absolute atomic E-state index is 0.0497. The predicted octanol–water partition coefficient (Wildman–Crippen LogP) is -1.75. The first-order valence-electron chi connectivity index (χ1n) is 10.5. The van der Waals surface area contributed by atoms with Crippen LogP contribution in [0.4, 0.5) is 0 Å². The molecule has 0 heterocycles. The van der Waals surface area contributed by atoms with E-state index in [1.54, 1.807) is 13.8 Å². The summed E-state index contributed by atoms with van der Waals surface area (Å²) in [6.07, 6.45) is 2.85. The Kier molecular flexibility index (Phi) is 15.3. The molecule has 0 rings (SSSR count). The van der Waals surface area contributed by atoms with Crippen molar-refractivity contribution in [3.05, 3.63) is 0 Å². The van der Waals surface area contributed by atoms with E-state index in [2.05, 4.69) is 33.6 Å². The van der Waals surface area contributed by atoms with Crippen LogP contribution >= 0.6 is 24.4 Å². The lowest BCUT2D eigenvalue weighted by atomic mass is 10.0. The third kappa shape index (κ3) is 12.6. The maximum absolute atomic E-state index is 12.8. The van der Waals surface area contributed by atoms with E-state index in [1.807, 2.05) is 6.26 Å². The van der Waals surface area contributed by atoms with E-state index in [4.69, 9.17) is 17.2 Å². The van der Waals surface area contributed by atoms with Crippen molar-refractivity contribution >= 4 is 54.0 Å². The van der Waals surface area contributed by atoms with Crippen LogP contribution in [0, 0.1) is 5.92 Å². The molecule has 0 saturated heterocycles. The second-order valence-electron chi connectivity index (χ2n) is 7.71. The zero-order valence-corrected chi connectivity index (χ0v) is 21.0. The van der Waals surface area contributed by atoms with Gasteiger partial charge in [0.15, 0.2) is 5.96 Å². The Bertz CT molecular complexity index is 689. The second kappa shape index (κ2) is 16.4. The SMILES string of the molecule is CSCCC(NC(=O)C(CS)NC(=O)C(NC(=O)C(N)CCCN=C(N)N)C(C)C)C(=O)O. The molecule has 0 saturated carbocycles. The topological polar surface area (TPSA) is 215 Å². The highest BCUT2D eigenvalue weighted by atomic mass is 32.2. The van der Waals surface area contributed by atoms with Gasteiger partial charge in [0.05, 0.1) is 6.04 Å². The Labute approximate surface area is 204 Å². The summed E-state index contributed by atoms with van der Waals surface area (Å²) in [6.45, 7) is 3.78. The predicted molar refractivity (Wildman–Crippen MR) is 133 cm³/mol. The first-order valence-corrected chi connectivity index (χ1v) is 12.5. The number of aliphatic imine (C=N–C) groups is 1. The Morgan fingerprint density at radius 3 is 2.09 bits per heavy atom. The smallest absolute Gasteiger partial charge is 0.326 e. The number of carbonyl (C=O) groups is 4. The summed E-state index contributed by atoms with van der Waals surface area (Å²) in [6, 6.07) is -3.99. The number of nitrogens with zero attached hydrogens (tertiary/aromatic N) is 1. The standard InChI is InChI=1S/C19H37N7O5S2/c1-10(2)14(26-15(27)11(20)5-4-7-23-19(21)22)17(29)25-13(9-32)16(28)24-12(18(30)31)6-8-33-3/h10-14,32H,4-9,20H2,1-3H3,(H,24,28)(H,25,29)(H,26,27)(H,30,31)(H4,21,22,23). The van der Waals surface area contributed by atoms with Crippen molar-refractivity contribution in [1.29, 1.82) is 0 Å². The molecule has 0 aliphatic carbocycles. The van der Waals surface area contributed by atoms with Gasteiger partial charge in [0, 0.05) is 12.3 Å². The number of thiol groups is 1. The van der Waals surface area contributed by atoms with Crippen LogP contribution in [-0.4, -0.2) is 83.2 Å². The van der Waals surface area contributed by atoms with Gasteiger partial charge >= 0.3 is 5.97 Å². The minimum atomic E-state index is -1.16. The molecule has 4 atom stereocenters. The summed E-state index contributed by atoms with van der Waals surface area (Å²) in [5.41, 5.74) is 16.4. The molecule has 0 aromatic carbocycles. The Hall–Kier alpha value is -2.19. The monoisotopic (exact) mass is 507 g/mol. The first kappa shape index (κ1) is 30.8. The van der Waals surface area contributed by atoms with Gasteiger partial charge in [-0.3, -0.25) is 19.4 Å². The van der Waals surface area contributed by atoms with E-state index in [0.29, 0.717) is 25.1 Å². The molecule has 33 heavy (non-hydrogen) atoms. The lowest BCUT2D eigenvalue weighted by Crippen LogP contribution is -2.58. The average Bonchev–Trinajstić information content (AvgIpc) is 2.74. The Balaban J connectivity index is 5.03. The van der Waals surface area contributed by atoms with Gasteiger partial charge in [0.1, 0.15) is 18.1 Å². The number of guanidine groups is 1. The van der Waals surface area contributed by atoms with Crippen molar-refractivity contribution in [3.8, 4) is 0 Å². The van der Waals surface area contributed by atoms with Crippen LogP contribution in [0.25, 0.3) is 0 Å². The zero-order valence-electron chi connectivity index (χ0n) is 19.2. The lowest BCUT2D eigenvalue weighted by Gasteiger charge is -2.26. The molecule has 0 fully saturated rings. The summed E-state index contributed by atoms with van der Waals surface area (Å²) in [7, 11) is 0. The van der Waals surface area contributed by atoms with Crippen molar-refractivity contribution in [2.24, 2.45) is 28.1 Å². The first-order chi connectivity index (χ1) is 15.4. The third-order valence-corrected chi connectivity index (χ3v) is 5.60. The van der Waals surface area contributed by atoms with Crippen LogP contribution in [0.3, 0.4) is 0 Å². The number of carboxylic acid groups (broad SMARTS) is 1. The summed E-state index contributed by atoms with van der Waals surface area (Å²) in [4.78, 5) is 53.0. The molecule has 0 aromatic heterocycles. The fraction of sp³-hybridized carbons (Fsp3) is 0.737. The number of rotatable bonds is 16. The molecule has 0 aromatic rings. The van der Waals surface area contributed by atoms with Crippen LogP contribution in [0.15, 0.2) is 4.99 Å². The molecule has 10 N–H and O–H groups in total. The van der Waals surface area contributed by atoms with Crippen molar-refractivity contribution in [2.45, 2.75) is 57.3 Å². The highest BCUT2D eigenvalue weighted by Gasteiger charge is 2.31. The van der Waals surface area contributed by atoms with E-state index in [-0.39, 0.29) is 24.1 Å². The lowest BCUT2D eigenvalue weighted by molar-refractivity contribution is -0.142. The molecule has 3 amide bonds. The Morgan fingerprint density at radius 2 is 1.61 bits per heavy atom.